The van der Waals surface area contributed by atoms with Crippen molar-refractivity contribution in [3.8, 4) is 0 Å². The van der Waals surface area contributed by atoms with Gasteiger partial charge in [0.1, 0.15) is 0 Å². The SMILES string of the molecule is CN(C)CCCNC(=O)C(=O)Nc1cccc(N2CCCS2(=O)=O)c1. The molecule has 0 saturated carbocycles. The van der Waals surface area contributed by atoms with Crippen LogP contribution in [0.3, 0.4) is 0 Å². The molecule has 0 aliphatic carbocycles. The molecule has 2 rings (SSSR count). The number of hydrogen-bond donors (Lipinski definition) is 2. The second kappa shape index (κ2) is 8.30. The molecule has 1 aliphatic rings. The first-order chi connectivity index (χ1) is 11.8. The van der Waals surface area contributed by atoms with Crippen molar-refractivity contribution in [2.45, 2.75) is 12.8 Å². The Morgan fingerprint density at radius 2 is 2.00 bits per heavy atom. The van der Waals surface area contributed by atoms with Crippen LogP contribution in [0.15, 0.2) is 24.3 Å². The van der Waals surface area contributed by atoms with Crippen LogP contribution in [0.25, 0.3) is 0 Å². The lowest BCUT2D eigenvalue weighted by Crippen LogP contribution is -2.36. The van der Waals surface area contributed by atoms with Crippen LogP contribution in [-0.4, -0.2) is 64.6 Å². The summed E-state index contributed by atoms with van der Waals surface area (Å²) < 4.78 is 25.3. The second-order valence-corrected chi connectivity index (χ2v) is 8.17. The highest BCUT2D eigenvalue weighted by Crippen LogP contribution is 2.26. The number of carbonyl (C=O) groups excluding carboxylic acids is 2. The zero-order chi connectivity index (χ0) is 18.4. The predicted octanol–water partition coefficient (Wildman–Crippen LogP) is 0.233. The summed E-state index contributed by atoms with van der Waals surface area (Å²) in [4.78, 5) is 25.7. The number of anilines is 2. The number of rotatable bonds is 6. The molecule has 1 aliphatic heterocycles. The van der Waals surface area contributed by atoms with Gasteiger partial charge in [0.2, 0.25) is 10.0 Å². The second-order valence-electron chi connectivity index (χ2n) is 6.16. The smallest absolute Gasteiger partial charge is 0.313 e. The average molecular weight is 368 g/mol. The van der Waals surface area contributed by atoms with Crippen molar-refractivity contribution in [1.82, 2.24) is 10.2 Å². The van der Waals surface area contributed by atoms with Crippen LogP contribution in [0.4, 0.5) is 11.4 Å². The summed E-state index contributed by atoms with van der Waals surface area (Å²) in [6, 6.07) is 6.48. The van der Waals surface area contributed by atoms with E-state index in [0.717, 1.165) is 13.0 Å². The monoisotopic (exact) mass is 368 g/mol. The van der Waals surface area contributed by atoms with Crippen LogP contribution in [0.1, 0.15) is 12.8 Å². The van der Waals surface area contributed by atoms with Gasteiger partial charge in [0.15, 0.2) is 0 Å². The Kier molecular flexibility index (Phi) is 6.38. The van der Waals surface area contributed by atoms with E-state index in [1.165, 1.54) is 4.31 Å². The van der Waals surface area contributed by atoms with Crippen LogP contribution >= 0.6 is 0 Å². The van der Waals surface area contributed by atoms with E-state index < -0.39 is 21.8 Å². The van der Waals surface area contributed by atoms with E-state index >= 15 is 0 Å². The molecule has 1 fully saturated rings. The number of nitrogens with zero attached hydrogens (tertiary/aromatic N) is 2. The van der Waals surface area contributed by atoms with Crippen molar-refractivity contribution in [2.24, 2.45) is 0 Å². The number of benzene rings is 1. The van der Waals surface area contributed by atoms with Crippen molar-refractivity contribution in [3.63, 3.8) is 0 Å². The highest BCUT2D eigenvalue weighted by atomic mass is 32.2. The van der Waals surface area contributed by atoms with Gasteiger partial charge < -0.3 is 15.5 Å². The van der Waals surface area contributed by atoms with E-state index in [2.05, 4.69) is 10.6 Å². The molecular formula is C16H24N4O4S. The molecule has 2 amide bonds. The zero-order valence-electron chi connectivity index (χ0n) is 14.5. The van der Waals surface area contributed by atoms with E-state index in [1.807, 2.05) is 19.0 Å². The molecule has 0 spiro atoms. The van der Waals surface area contributed by atoms with E-state index in [1.54, 1.807) is 24.3 Å². The Hall–Kier alpha value is -2.13. The molecule has 138 valence electrons. The van der Waals surface area contributed by atoms with Crippen molar-refractivity contribution < 1.29 is 18.0 Å². The first-order valence-electron chi connectivity index (χ1n) is 8.14. The molecule has 2 N–H and O–H groups in total. The Morgan fingerprint density at radius 1 is 1.24 bits per heavy atom. The number of sulfonamides is 1. The summed E-state index contributed by atoms with van der Waals surface area (Å²) in [5.74, 6) is -1.36. The fourth-order valence-corrected chi connectivity index (χ4v) is 4.09. The molecule has 8 nitrogen and oxygen atoms in total. The summed E-state index contributed by atoms with van der Waals surface area (Å²) in [5.41, 5.74) is 0.870. The molecular weight excluding hydrogens is 344 g/mol. The molecule has 1 aromatic carbocycles. The third kappa shape index (κ3) is 5.43. The number of hydrogen-bond acceptors (Lipinski definition) is 5. The van der Waals surface area contributed by atoms with Gasteiger partial charge in [-0.25, -0.2) is 8.42 Å². The first kappa shape index (κ1) is 19.2. The lowest BCUT2D eigenvalue weighted by atomic mass is 10.2. The number of carbonyl (C=O) groups is 2. The summed E-state index contributed by atoms with van der Waals surface area (Å²) in [6.07, 6.45) is 1.32. The number of nitrogens with one attached hydrogen (secondary N) is 2. The van der Waals surface area contributed by atoms with E-state index in [-0.39, 0.29) is 5.75 Å². The van der Waals surface area contributed by atoms with Gasteiger partial charge in [-0.2, -0.15) is 0 Å². The Morgan fingerprint density at radius 3 is 2.64 bits per heavy atom. The molecule has 0 atom stereocenters. The molecule has 9 heteroatoms. The molecule has 0 bridgehead atoms. The topological polar surface area (TPSA) is 98.8 Å². The van der Waals surface area contributed by atoms with Gasteiger partial charge in [-0.3, -0.25) is 13.9 Å². The van der Waals surface area contributed by atoms with Crippen molar-refractivity contribution in [2.75, 3.05) is 49.1 Å². The summed E-state index contributed by atoms with van der Waals surface area (Å²) >= 11 is 0. The lowest BCUT2D eigenvalue weighted by Gasteiger charge is -2.17. The zero-order valence-corrected chi connectivity index (χ0v) is 15.3. The van der Waals surface area contributed by atoms with Crippen molar-refractivity contribution in [3.05, 3.63) is 24.3 Å². The molecule has 1 aromatic rings. The Labute approximate surface area is 148 Å². The molecule has 0 aromatic heterocycles. The molecule has 1 heterocycles. The summed E-state index contributed by atoms with van der Waals surface area (Å²) in [7, 11) is 0.579. The minimum absolute atomic E-state index is 0.124. The maximum atomic E-state index is 12.0. The predicted molar refractivity (Wildman–Crippen MR) is 97.0 cm³/mol. The van der Waals surface area contributed by atoms with Crippen LogP contribution in [0.2, 0.25) is 0 Å². The van der Waals surface area contributed by atoms with Crippen LogP contribution in [0.5, 0.6) is 0 Å². The summed E-state index contributed by atoms with van der Waals surface area (Å²) in [6.45, 7) is 1.65. The normalized spacial score (nSPS) is 16.0. The maximum absolute atomic E-state index is 12.0. The summed E-state index contributed by atoms with van der Waals surface area (Å²) in [5, 5.41) is 5.06. The van der Waals surface area contributed by atoms with Crippen LogP contribution in [0, 0.1) is 0 Å². The quantitative estimate of drug-likeness (QED) is 0.553. The Bertz CT molecular complexity index is 733. The van der Waals surface area contributed by atoms with Gasteiger partial charge in [-0.15, -0.1) is 0 Å². The lowest BCUT2D eigenvalue weighted by molar-refractivity contribution is -0.136. The fraction of sp³-hybridized carbons (Fsp3) is 0.500. The number of amides is 2. The van der Waals surface area contributed by atoms with Gasteiger partial charge in [0, 0.05) is 18.8 Å². The highest BCUT2D eigenvalue weighted by Gasteiger charge is 2.28. The van der Waals surface area contributed by atoms with Gasteiger partial charge in [0.05, 0.1) is 11.4 Å². The van der Waals surface area contributed by atoms with Crippen LogP contribution < -0.4 is 14.9 Å². The minimum atomic E-state index is -3.29. The van der Waals surface area contributed by atoms with Gasteiger partial charge >= 0.3 is 11.8 Å². The molecule has 25 heavy (non-hydrogen) atoms. The van der Waals surface area contributed by atoms with Crippen molar-refractivity contribution >= 4 is 33.2 Å². The molecule has 0 unspecified atom stereocenters. The van der Waals surface area contributed by atoms with E-state index in [9.17, 15) is 18.0 Å². The van der Waals surface area contributed by atoms with Gasteiger partial charge in [-0.05, 0) is 51.7 Å². The molecule has 0 radical (unpaired) electrons. The Balaban J connectivity index is 1.93. The third-order valence-electron chi connectivity index (χ3n) is 3.77. The first-order valence-corrected chi connectivity index (χ1v) is 9.75. The standard InChI is InChI=1S/C16H24N4O4S/c1-19(2)9-4-8-17-15(21)16(22)18-13-6-3-7-14(12-13)20-10-5-11-25(20,23)24/h3,6-7,12H,4-5,8-11H2,1-2H3,(H,17,21)(H,18,22). The van der Waals surface area contributed by atoms with Crippen molar-refractivity contribution in [1.29, 1.82) is 0 Å². The maximum Gasteiger partial charge on any atom is 0.313 e. The van der Waals surface area contributed by atoms with Gasteiger partial charge in [-0.1, -0.05) is 6.07 Å². The largest absolute Gasteiger partial charge is 0.348 e. The fourth-order valence-electron chi connectivity index (χ4n) is 2.53. The van der Waals surface area contributed by atoms with E-state index in [4.69, 9.17) is 0 Å². The highest BCUT2D eigenvalue weighted by molar-refractivity contribution is 7.93. The van der Waals surface area contributed by atoms with Crippen LogP contribution in [-0.2, 0) is 19.6 Å². The minimum Gasteiger partial charge on any atom is -0.348 e. The third-order valence-corrected chi connectivity index (χ3v) is 5.63. The van der Waals surface area contributed by atoms with E-state index in [0.29, 0.717) is 30.9 Å². The molecule has 1 saturated heterocycles. The van der Waals surface area contributed by atoms with Gasteiger partial charge in [0.25, 0.3) is 0 Å². The average Bonchev–Trinajstić information content (AvgIpc) is 2.90.